The van der Waals surface area contributed by atoms with Gasteiger partial charge in [0.15, 0.2) is 0 Å². The van der Waals surface area contributed by atoms with Crippen LogP contribution in [0.25, 0.3) is 0 Å². The summed E-state index contributed by atoms with van der Waals surface area (Å²) in [5, 5.41) is 0.717. The second kappa shape index (κ2) is 9.15. The van der Waals surface area contributed by atoms with Crippen LogP contribution < -0.4 is 5.73 Å². The minimum absolute atomic E-state index is 0.691. The zero-order chi connectivity index (χ0) is 14.1. The lowest BCUT2D eigenvalue weighted by molar-refractivity contribution is 0.129. The number of hydrogen-bond acceptors (Lipinski definition) is 4. The molecule has 19 heavy (non-hydrogen) atoms. The Kier molecular flexibility index (Phi) is 7.82. The van der Waals surface area contributed by atoms with Crippen LogP contribution >= 0.6 is 11.6 Å². The molecule has 0 unspecified atom stereocenters. The van der Waals surface area contributed by atoms with Gasteiger partial charge in [0.25, 0.3) is 0 Å². The first-order chi connectivity index (χ1) is 9.17. The molecule has 2 N–H and O–H groups in total. The molecule has 0 aliphatic rings. The predicted octanol–water partition coefficient (Wildman–Crippen LogP) is 2.41. The van der Waals surface area contributed by atoms with Gasteiger partial charge >= 0.3 is 0 Å². The van der Waals surface area contributed by atoms with Gasteiger partial charge in [0.1, 0.15) is 0 Å². The fraction of sp³-hybridized carbons (Fsp3) is 0.571. The first-order valence-electron chi connectivity index (χ1n) is 6.41. The van der Waals surface area contributed by atoms with E-state index in [1.54, 1.807) is 20.3 Å². The smallest absolute Gasteiger partial charge is 0.0589 e. The summed E-state index contributed by atoms with van der Waals surface area (Å²) in [6.45, 7) is 4.10. The van der Waals surface area contributed by atoms with Gasteiger partial charge in [0, 0.05) is 51.2 Å². The van der Waals surface area contributed by atoms with Crippen LogP contribution in [0.2, 0.25) is 5.02 Å². The number of benzene rings is 1. The highest BCUT2D eigenvalue weighted by Crippen LogP contribution is 2.20. The van der Waals surface area contributed by atoms with Crippen molar-refractivity contribution < 1.29 is 9.47 Å². The fourth-order valence-electron chi connectivity index (χ4n) is 1.86. The molecule has 0 atom stereocenters. The molecule has 0 saturated heterocycles. The fourth-order valence-corrected chi connectivity index (χ4v) is 2.10. The summed E-state index contributed by atoms with van der Waals surface area (Å²) in [6, 6.07) is 5.65. The minimum Gasteiger partial charge on any atom is -0.399 e. The molecule has 1 aromatic carbocycles. The molecule has 1 aromatic rings. The highest BCUT2D eigenvalue weighted by molar-refractivity contribution is 6.31. The average Bonchev–Trinajstić information content (AvgIpc) is 2.39. The topological polar surface area (TPSA) is 47.7 Å². The summed E-state index contributed by atoms with van der Waals surface area (Å²) in [6.07, 6.45) is 0.993. The zero-order valence-corrected chi connectivity index (χ0v) is 12.4. The van der Waals surface area contributed by atoms with Gasteiger partial charge in [-0.1, -0.05) is 17.7 Å². The van der Waals surface area contributed by atoms with Gasteiger partial charge in [0.05, 0.1) is 6.61 Å². The van der Waals surface area contributed by atoms with Crippen molar-refractivity contribution in [3.8, 4) is 0 Å². The van der Waals surface area contributed by atoms with Crippen LogP contribution in [-0.4, -0.2) is 45.4 Å². The number of nitrogens with zero attached hydrogens (tertiary/aromatic N) is 1. The maximum absolute atomic E-state index is 6.21. The molecule has 0 amide bonds. The molecule has 0 radical (unpaired) electrons. The van der Waals surface area contributed by atoms with Crippen molar-refractivity contribution >= 4 is 17.3 Å². The maximum Gasteiger partial charge on any atom is 0.0589 e. The Morgan fingerprint density at radius 2 is 1.89 bits per heavy atom. The lowest BCUT2D eigenvalue weighted by Crippen LogP contribution is -2.28. The second-order valence-corrected chi connectivity index (χ2v) is 4.87. The van der Waals surface area contributed by atoms with Gasteiger partial charge in [-0.25, -0.2) is 0 Å². The van der Waals surface area contributed by atoms with E-state index in [-0.39, 0.29) is 0 Å². The highest BCUT2D eigenvalue weighted by atomic mass is 35.5. The van der Waals surface area contributed by atoms with Crippen molar-refractivity contribution in [2.75, 3.05) is 46.3 Å². The Morgan fingerprint density at radius 3 is 2.53 bits per heavy atom. The third-order valence-electron chi connectivity index (χ3n) is 2.91. The Balaban J connectivity index is 2.58. The van der Waals surface area contributed by atoms with Crippen molar-refractivity contribution in [1.82, 2.24) is 4.90 Å². The van der Waals surface area contributed by atoms with Crippen molar-refractivity contribution in [3.63, 3.8) is 0 Å². The Labute approximate surface area is 120 Å². The van der Waals surface area contributed by atoms with Gasteiger partial charge in [-0.15, -0.1) is 0 Å². The lowest BCUT2D eigenvalue weighted by atomic mass is 10.2. The van der Waals surface area contributed by atoms with Gasteiger partial charge in [-0.2, -0.15) is 0 Å². The molecular weight excluding hydrogens is 264 g/mol. The maximum atomic E-state index is 6.21. The molecular formula is C14H23ClN2O2. The third kappa shape index (κ3) is 6.25. The highest BCUT2D eigenvalue weighted by Gasteiger charge is 2.08. The Morgan fingerprint density at radius 1 is 1.16 bits per heavy atom. The van der Waals surface area contributed by atoms with E-state index in [1.165, 1.54) is 0 Å². The van der Waals surface area contributed by atoms with Crippen LogP contribution in [-0.2, 0) is 16.0 Å². The second-order valence-electron chi connectivity index (χ2n) is 4.47. The number of rotatable bonds is 9. The van der Waals surface area contributed by atoms with Gasteiger partial charge in [-0.05, 0) is 24.1 Å². The summed E-state index contributed by atoms with van der Waals surface area (Å²) in [5.41, 5.74) is 7.48. The van der Waals surface area contributed by atoms with Crippen LogP contribution in [0, 0.1) is 0 Å². The first-order valence-corrected chi connectivity index (χ1v) is 6.79. The SMILES string of the molecule is COCCCN(CCOC)Cc1ccc(N)cc1Cl. The molecule has 0 fully saturated rings. The molecule has 0 spiro atoms. The lowest BCUT2D eigenvalue weighted by Gasteiger charge is -2.22. The van der Waals surface area contributed by atoms with E-state index in [2.05, 4.69) is 4.90 Å². The van der Waals surface area contributed by atoms with Crippen LogP contribution in [0.15, 0.2) is 18.2 Å². The molecule has 4 nitrogen and oxygen atoms in total. The van der Waals surface area contributed by atoms with Crippen LogP contribution in [0.4, 0.5) is 5.69 Å². The van der Waals surface area contributed by atoms with E-state index >= 15 is 0 Å². The van der Waals surface area contributed by atoms with Crippen molar-refractivity contribution in [3.05, 3.63) is 28.8 Å². The molecule has 0 aliphatic heterocycles. The van der Waals surface area contributed by atoms with Crippen LogP contribution in [0.3, 0.4) is 0 Å². The van der Waals surface area contributed by atoms with E-state index < -0.39 is 0 Å². The van der Waals surface area contributed by atoms with Crippen molar-refractivity contribution in [2.45, 2.75) is 13.0 Å². The quantitative estimate of drug-likeness (QED) is 0.559. The average molecular weight is 287 g/mol. The molecule has 0 aliphatic carbocycles. The molecule has 0 bridgehead atoms. The zero-order valence-electron chi connectivity index (χ0n) is 11.7. The minimum atomic E-state index is 0.691. The monoisotopic (exact) mass is 286 g/mol. The Bertz CT molecular complexity index is 374. The van der Waals surface area contributed by atoms with E-state index in [0.717, 1.165) is 38.2 Å². The summed E-state index contributed by atoms with van der Waals surface area (Å²) in [4.78, 5) is 2.31. The molecule has 0 aromatic heterocycles. The Hall–Kier alpha value is -0.810. The van der Waals surface area contributed by atoms with Crippen LogP contribution in [0.1, 0.15) is 12.0 Å². The summed E-state index contributed by atoms with van der Waals surface area (Å²) >= 11 is 6.21. The normalized spacial score (nSPS) is 11.2. The molecule has 0 heterocycles. The largest absolute Gasteiger partial charge is 0.399 e. The van der Waals surface area contributed by atoms with Crippen molar-refractivity contribution in [2.24, 2.45) is 0 Å². The predicted molar refractivity (Wildman–Crippen MR) is 79.5 cm³/mol. The van der Waals surface area contributed by atoms with E-state index in [9.17, 15) is 0 Å². The van der Waals surface area contributed by atoms with Gasteiger partial charge in [0.2, 0.25) is 0 Å². The number of nitrogens with two attached hydrogens (primary N) is 1. The molecule has 0 saturated carbocycles. The number of halogens is 1. The molecule has 5 heteroatoms. The van der Waals surface area contributed by atoms with Crippen molar-refractivity contribution in [1.29, 1.82) is 0 Å². The van der Waals surface area contributed by atoms with E-state index in [1.807, 2.05) is 12.1 Å². The number of anilines is 1. The first kappa shape index (κ1) is 16.2. The molecule has 1 rings (SSSR count). The van der Waals surface area contributed by atoms with Gasteiger partial charge in [-0.3, -0.25) is 4.90 Å². The number of methoxy groups -OCH3 is 2. The van der Waals surface area contributed by atoms with E-state index in [0.29, 0.717) is 17.3 Å². The summed E-state index contributed by atoms with van der Waals surface area (Å²) in [7, 11) is 3.43. The third-order valence-corrected chi connectivity index (χ3v) is 3.26. The number of hydrogen-bond donors (Lipinski definition) is 1. The molecule has 108 valence electrons. The van der Waals surface area contributed by atoms with Crippen LogP contribution in [0.5, 0.6) is 0 Å². The summed E-state index contributed by atoms with van der Waals surface area (Å²) in [5.74, 6) is 0. The van der Waals surface area contributed by atoms with Gasteiger partial charge < -0.3 is 15.2 Å². The standard InChI is InChI=1S/C14H23ClN2O2/c1-18-8-3-6-17(7-9-19-2)11-12-4-5-13(16)10-14(12)15/h4-5,10H,3,6-9,11,16H2,1-2H3. The number of ether oxygens (including phenoxy) is 2. The summed E-state index contributed by atoms with van der Waals surface area (Å²) < 4.78 is 10.2. The number of nitrogen functional groups attached to an aromatic ring is 1. The van der Waals surface area contributed by atoms with E-state index in [4.69, 9.17) is 26.8 Å².